The van der Waals surface area contributed by atoms with Crippen molar-refractivity contribution < 1.29 is 9.59 Å². The second-order valence-electron chi connectivity index (χ2n) is 4.59. The van der Waals surface area contributed by atoms with Gasteiger partial charge in [0.2, 0.25) is 5.12 Å². The van der Waals surface area contributed by atoms with Gasteiger partial charge in [-0.25, -0.2) is 0 Å². The minimum Gasteiger partial charge on any atom is -0.282 e. The molecule has 2 rings (SSSR count). The van der Waals surface area contributed by atoms with Crippen LogP contribution < -0.4 is 0 Å². The van der Waals surface area contributed by atoms with E-state index in [1.54, 1.807) is 24.3 Å². The van der Waals surface area contributed by atoms with Gasteiger partial charge in [0, 0.05) is 16.9 Å². The monoisotopic (exact) mass is 414 g/mol. The summed E-state index contributed by atoms with van der Waals surface area (Å²) in [5, 5.41) is -0.278. The van der Waals surface area contributed by atoms with Gasteiger partial charge in [-0.1, -0.05) is 79.3 Å². The highest BCUT2D eigenvalue weighted by molar-refractivity contribution is 8.14. The summed E-state index contributed by atoms with van der Waals surface area (Å²) in [6, 6.07) is 18.0. The predicted octanol–water partition coefficient (Wildman–Crippen LogP) is 5.88. The minimum atomic E-state index is -0.407. The molecule has 0 amide bonds. The lowest BCUT2D eigenvalue weighted by atomic mass is 10.2. The summed E-state index contributed by atoms with van der Waals surface area (Å²) in [4.78, 5) is 21.7. The molecule has 0 fully saturated rings. The first kappa shape index (κ1) is 24.1. The minimum absolute atomic E-state index is 0.129. The van der Waals surface area contributed by atoms with Crippen LogP contribution in [0, 0.1) is 0 Å². The summed E-state index contributed by atoms with van der Waals surface area (Å²) in [5.41, 5.74) is 1.31. The fraction of sp³-hybridized carbons (Fsp3) is 0.263. The average molecular weight is 415 g/mol. The molecule has 136 valence electrons. The van der Waals surface area contributed by atoms with Crippen LogP contribution in [0.3, 0.4) is 0 Å². The number of carbonyl (C=O) groups is 2. The standard InChI is InChI=1S/C9H10OS2.C7H5ClO.C3H8S/c10-9(12-7-6-11)8-4-2-1-3-5-8;8-7(9)6-4-2-1-3-5-6;1-2-3-4/h1-5,11H,6-7H2;1-5H;4H,2-3H2,1H3. The van der Waals surface area contributed by atoms with Crippen molar-refractivity contribution in [1.82, 2.24) is 0 Å². The summed E-state index contributed by atoms with van der Waals surface area (Å²) in [6.45, 7) is 2.10. The molecule has 0 atom stereocenters. The SMILES string of the molecule is CCCS.O=C(Cl)c1ccccc1.O=C(SCCS)c1ccccc1. The Hall–Kier alpha value is -0.880. The van der Waals surface area contributed by atoms with Gasteiger partial charge in [0.15, 0.2) is 0 Å². The molecule has 0 heterocycles. The van der Waals surface area contributed by atoms with Crippen molar-refractivity contribution in [2.24, 2.45) is 0 Å². The van der Waals surface area contributed by atoms with Crippen molar-refractivity contribution in [3.05, 3.63) is 71.8 Å². The van der Waals surface area contributed by atoms with Crippen molar-refractivity contribution >= 4 is 59.0 Å². The van der Waals surface area contributed by atoms with E-state index in [0.29, 0.717) is 5.56 Å². The van der Waals surface area contributed by atoms with E-state index in [1.807, 2.05) is 36.4 Å². The zero-order chi connectivity index (χ0) is 18.9. The molecule has 2 nitrogen and oxygen atoms in total. The van der Waals surface area contributed by atoms with Gasteiger partial charge >= 0.3 is 0 Å². The predicted molar refractivity (Wildman–Crippen MR) is 118 cm³/mol. The van der Waals surface area contributed by atoms with Crippen molar-refractivity contribution in [3.63, 3.8) is 0 Å². The highest BCUT2D eigenvalue weighted by Crippen LogP contribution is 2.11. The van der Waals surface area contributed by atoms with Crippen LogP contribution in [-0.4, -0.2) is 27.6 Å². The molecule has 25 heavy (non-hydrogen) atoms. The summed E-state index contributed by atoms with van der Waals surface area (Å²) < 4.78 is 0. The maximum Gasteiger partial charge on any atom is 0.252 e. The zero-order valence-corrected chi connectivity index (χ0v) is 17.5. The van der Waals surface area contributed by atoms with E-state index < -0.39 is 5.24 Å². The Morgan fingerprint density at radius 3 is 1.64 bits per heavy atom. The quantitative estimate of drug-likeness (QED) is 0.473. The van der Waals surface area contributed by atoms with Gasteiger partial charge in [0.05, 0.1) is 0 Å². The lowest BCUT2D eigenvalue weighted by Crippen LogP contribution is -1.94. The highest BCUT2D eigenvalue weighted by Gasteiger charge is 2.03. The van der Waals surface area contributed by atoms with E-state index >= 15 is 0 Å². The summed E-state index contributed by atoms with van der Waals surface area (Å²) in [6.07, 6.45) is 1.18. The Bertz CT molecular complexity index is 590. The Kier molecular flexibility index (Phi) is 16.0. The van der Waals surface area contributed by atoms with E-state index in [1.165, 1.54) is 18.2 Å². The first-order valence-electron chi connectivity index (χ1n) is 7.75. The molecular formula is C19H23ClO2S3. The van der Waals surface area contributed by atoms with E-state index in [0.717, 1.165) is 22.8 Å². The van der Waals surface area contributed by atoms with Crippen molar-refractivity contribution in [1.29, 1.82) is 0 Å². The fourth-order valence-corrected chi connectivity index (χ4v) is 2.34. The number of hydrogen-bond acceptors (Lipinski definition) is 5. The Morgan fingerprint density at radius 1 is 0.880 bits per heavy atom. The van der Waals surface area contributed by atoms with Crippen LogP contribution in [0.15, 0.2) is 60.7 Å². The lowest BCUT2D eigenvalue weighted by Gasteiger charge is -1.97. The molecule has 0 bridgehead atoms. The molecule has 2 aromatic carbocycles. The maximum absolute atomic E-state index is 11.3. The van der Waals surface area contributed by atoms with Crippen LogP contribution in [0.4, 0.5) is 0 Å². The smallest absolute Gasteiger partial charge is 0.252 e. The number of hydrogen-bond donors (Lipinski definition) is 2. The number of benzene rings is 2. The molecule has 0 aromatic heterocycles. The lowest BCUT2D eigenvalue weighted by molar-refractivity contribution is 0.107. The normalized spacial score (nSPS) is 9.12. The molecule has 6 heteroatoms. The van der Waals surface area contributed by atoms with E-state index in [9.17, 15) is 9.59 Å². The Labute approximate surface area is 170 Å². The second-order valence-corrected chi connectivity index (χ2v) is 6.89. The van der Waals surface area contributed by atoms with Gasteiger partial charge in [0.25, 0.3) is 5.24 Å². The number of carbonyl (C=O) groups excluding carboxylic acids is 2. The van der Waals surface area contributed by atoms with E-state index in [-0.39, 0.29) is 5.12 Å². The molecule has 2 aromatic rings. The number of halogens is 1. The van der Waals surface area contributed by atoms with Crippen molar-refractivity contribution in [2.45, 2.75) is 13.3 Å². The summed E-state index contributed by atoms with van der Waals surface area (Å²) in [5.74, 6) is 2.53. The fourth-order valence-electron chi connectivity index (χ4n) is 1.37. The van der Waals surface area contributed by atoms with Crippen LogP contribution >= 0.6 is 48.6 Å². The Balaban J connectivity index is 0.000000391. The molecule has 0 N–H and O–H groups in total. The Morgan fingerprint density at radius 2 is 1.32 bits per heavy atom. The third kappa shape index (κ3) is 13.0. The van der Waals surface area contributed by atoms with Crippen molar-refractivity contribution in [3.8, 4) is 0 Å². The first-order chi connectivity index (χ1) is 12.1. The topological polar surface area (TPSA) is 34.1 Å². The van der Waals surface area contributed by atoms with Crippen LogP contribution in [0.25, 0.3) is 0 Å². The average Bonchev–Trinajstić information content (AvgIpc) is 2.68. The number of thioether (sulfide) groups is 1. The van der Waals surface area contributed by atoms with Gasteiger partial charge in [-0.3, -0.25) is 9.59 Å². The third-order valence-electron chi connectivity index (χ3n) is 2.56. The van der Waals surface area contributed by atoms with Crippen LogP contribution in [-0.2, 0) is 0 Å². The zero-order valence-electron chi connectivity index (χ0n) is 14.1. The molecular weight excluding hydrogens is 392 g/mol. The maximum atomic E-state index is 11.3. The molecule has 0 radical (unpaired) electrons. The van der Waals surface area contributed by atoms with Crippen LogP contribution in [0.1, 0.15) is 34.1 Å². The van der Waals surface area contributed by atoms with Gasteiger partial charge in [-0.15, -0.1) is 0 Å². The second kappa shape index (κ2) is 16.6. The van der Waals surface area contributed by atoms with Crippen molar-refractivity contribution in [2.75, 3.05) is 17.3 Å². The van der Waals surface area contributed by atoms with Gasteiger partial charge in [-0.05, 0) is 29.5 Å². The number of rotatable bonds is 5. The molecule has 0 aliphatic rings. The molecule has 0 unspecified atom stereocenters. The first-order valence-corrected chi connectivity index (χ1v) is 10.4. The molecule has 0 saturated carbocycles. The van der Waals surface area contributed by atoms with E-state index in [2.05, 4.69) is 32.2 Å². The molecule has 0 saturated heterocycles. The third-order valence-corrected chi connectivity index (χ3v) is 4.66. The summed E-state index contributed by atoms with van der Waals surface area (Å²) >= 11 is 14.4. The van der Waals surface area contributed by atoms with Crippen LogP contribution in [0.2, 0.25) is 0 Å². The molecule has 0 aliphatic heterocycles. The summed E-state index contributed by atoms with van der Waals surface area (Å²) in [7, 11) is 0. The van der Waals surface area contributed by atoms with Crippen LogP contribution in [0.5, 0.6) is 0 Å². The van der Waals surface area contributed by atoms with Gasteiger partial charge in [0.1, 0.15) is 0 Å². The number of thiol groups is 2. The highest BCUT2D eigenvalue weighted by atomic mass is 35.5. The van der Waals surface area contributed by atoms with E-state index in [4.69, 9.17) is 11.6 Å². The van der Waals surface area contributed by atoms with Gasteiger partial charge < -0.3 is 0 Å². The van der Waals surface area contributed by atoms with Gasteiger partial charge in [-0.2, -0.15) is 25.3 Å². The molecule has 0 spiro atoms. The molecule has 0 aliphatic carbocycles. The largest absolute Gasteiger partial charge is 0.282 e.